The van der Waals surface area contributed by atoms with Gasteiger partial charge in [-0.15, -0.1) is 0 Å². The Morgan fingerprint density at radius 3 is 1.91 bits per heavy atom. The Morgan fingerprint density at radius 2 is 1.42 bits per heavy atom. The Kier molecular flexibility index (Phi) is 8.74. The van der Waals surface area contributed by atoms with Gasteiger partial charge in [0.15, 0.2) is 0 Å². The number of nitrogens with one attached hydrogen (secondary N) is 1. The molecular weight excluding hydrogens is 402 g/mol. The molecule has 1 heterocycles. The van der Waals surface area contributed by atoms with Crippen LogP contribution in [-0.4, -0.2) is 42.7 Å². The van der Waals surface area contributed by atoms with Gasteiger partial charge >= 0.3 is 0 Å². The standard InChI is InChI=1S/C30H55N3/c1-22-17-30(13-16-33(22)15-4-14-31)32-29(7-2-5-25-18-23-9-11-27(25)20-23)8-3-6-26-19-24-10-12-28(26)21-24/h22-30,32H,2-21,31H2,1H3. The summed E-state index contributed by atoms with van der Waals surface area (Å²) < 4.78 is 0. The number of hydrogen-bond acceptors (Lipinski definition) is 3. The van der Waals surface area contributed by atoms with Gasteiger partial charge in [-0.1, -0.05) is 38.5 Å². The minimum Gasteiger partial charge on any atom is -0.330 e. The lowest BCUT2D eigenvalue weighted by molar-refractivity contribution is 0.128. The highest BCUT2D eigenvalue weighted by atomic mass is 15.2. The molecule has 0 aromatic rings. The van der Waals surface area contributed by atoms with E-state index in [1.165, 1.54) is 64.5 Å². The summed E-state index contributed by atoms with van der Waals surface area (Å²) in [7, 11) is 0. The first-order chi connectivity index (χ1) is 16.2. The Labute approximate surface area is 205 Å². The van der Waals surface area contributed by atoms with E-state index in [1.807, 2.05) is 0 Å². The van der Waals surface area contributed by atoms with Crippen molar-refractivity contribution in [1.82, 2.24) is 10.2 Å². The first kappa shape index (κ1) is 24.6. The minimum absolute atomic E-state index is 0.714. The molecule has 8 unspecified atom stereocenters. The van der Waals surface area contributed by atoms with Gasteiger partial charge in [-0.25, -0.2) is 0 Å². The molecule has 33 heavy (non-hydrogen) atoms. The smallest absolute Gasteiger partial charge is 0.00966 e. The van der Waals surface area contributed by atoms with Crippen molar-refractivity contribution < 1.29 is 0 Å². The van der Waals surface area contributed by atoms with Crippen LogP contribution in [0, 0.1) is 35.5 Å². The number of fused-ring (bicyclic) bond motifs is 4. The van der Waals surface area contributed by atoms with Crippen LogP contribution in [0.3, 0.4) is 0 Å². The SMILES string of the molecule is CC1CC(NC(CCCC2CC3CCC2C3)CCCC2CC3CCC2C3)CCN1CCCN. The van der Waals surface area contributed by atoms with Gasteiger partial charge in [0.2, 0.25) is 0 Å². The molecule has 5 fully saturated rings. The summed E-state index contributed by atoms with van der Waals surface area (Å²) in [4.78, 5) is 2.68. The van der Waals surface area contributed by atoms with Crippen molar-refractivity contribution in [2.75, 3.05) is 19.6 Å². The van der Waals surface area contributed by atoms with Gasteiger partial charge in [-0.3, -0.25) is 0 Å². The molecule has 0 aromatic carbocycles. The summed E-state index contributed by atoms with van der Waals surface area (Å²) in [6.45, 7) is 5.74. The molecule has 8 atom stereocenters. The second-order valence-corrected chi connectivity index (χ2v) is 13.3. The molecule has 1 saturated heterocycles. The number of nitrogens with zero attached hydrogens (tertiary/aromatic N) is 1. The number of piperidine rings is 1. The number of hydrogen-bond donors (Lipinski definition) is 2. The predicted octanol–water partition coefficient (Wildman–Crippen LogP) is 6.36. The molecule has 190 valence electrons. The number of rotatable bonds is 13. The highest BCUT2D eigenvalue weighted by Crippen LogP contribution is 2.51. The van der Waals surface area contributed by atoms with Crippen LogP contribution in [0.1, 0.15) is 116 Å². The van der Waals surface area contributed by atoms with Gasteiger partial charge in [0.25, 0.3) is 0 Å². The molecule has 0 aromatic heterocycles. The summed E-state index contributed by atoms with van der Waals surface area (Å²) in [5, 5.41) is 4.23. The van der Waals surface area contributed by atoms with Gasteiger partial charge < -0.3 is 16.0 Å². The molecular formula is C30H55N3. The van der Waals surface area contributed by atoms with E-state index in [0.717, 1.165) is 60.6 Å². The molecule has 4 bridgehead atoms. The average molecular weight is 458 g/mol. The number of likely N-dealkylation sites (tertiary alicyclic amines) is 1. The molecule has 1 aliphatic heterocycles. The third kappa shape index (κ3) is 6.36. The molecule has 5 aliphatic rings. The van der Waals surface area contributed by atoms with E-state index in [1.54, 1.807) is 51.4 Å². The zero-order valence-corrected chi connectivity index (χ0v) is 21.9. The lowest BCUT2D eigenvalue weighted by Gasteiger charge is -2.39. The van der Waals surface area contributed by atoms with Crippen molar-refractivity contribution in [2.45, 2.75) is 134 Å². The summed E-state index contributed by atoms with van der Waals surface area (Å²) in [6.07, 6.45) is 25.2. The van der Waals surface area contributed by atoms with Crippen molar-refractivity contribution in [2.24, 2.45) is 41.2 Å². The summed E-state index contributed by atoms with van der Waals surface area (Å²) in [5.74, 6) is 6.62. The molecule has 0 spiro atoms. The topological polar surface area (TPSA) is 41.3 Å². The monoisotopic (exact) mass is 457 g/mol. The molecule has 0 radical (unpaired) electrons. The lowest BCUT2D eigenvalue weighted by Crippen LogP contribution is -2.50. The van der Waals surface area contributed by atoms with Crippen LogP contribution in [0.25, 0.3) is 0 Å². The third-order valence-electron chi connectivity index (χ3n) is 11.2. The van der Waals surface area contributed by atoms with Crippen LogP contribution >= 0.6 is 0 Å². The normalized spacial score (nSPS) is 41.3. The average Bonchev–Trinajstić information content (AvgIpc) is 3.61. The first-order valence-electron chi connectivity index (χ1n) is 15.4. The van der Waals surface area contributed by atoms with Gasteiger partial charge in [0, 0.05) is 18.1 Å². The van der Waals surface area contributed by atoms with Crippen LogP contribution in [0.2, 0.25) is 0 Å². The van der Waals surface area contributed by atoms with Crippen LogP contribution in [0.15, 0.2) is 0 Å². The Balaban J connectivity index is 1.07. The predicted molar refractivity (Wildman–Crippen MR) is 140 cm³/mol. The molecule has 3 nitrogen and oxygen atoms in total. The summed E-state index contributed by atoms with van der Waals surface area (Å²) in [5.41, 5.74) is 5.77. The van der Waals surface area contributed by atoms with Crippen molar-refractivity contribution in [3.8, 4) is 0 Å². The summed E-state index contributed by atoms with van der Waals surface area (Å²) in [6, 6.07) is 2.23. The molecule has 4 saturated carbocycles. The Morgan fingerprint density at radius 1 is 0.788 bits per heavy atom. The Hall–Kier alpha value is -0.120. The fourth-order valence-electron chi connectivity index (χ4n) is 9.36. The Bertz CT molecular complexity index is 559. The van der Waals surface area contributed by atoms with Gasteiger partial charge in [0.1, 0.15) is 0 Å². The van der Waals surface area contributed by atoms with Crippen molar-refractivity contribution in [3.63, 3.8) is 0 Å². The maximum absolute atomic E-state index is 5.77. The van der Waals surface area contributed by atoms with Crippen LogP contribution in [-0.2, 0) is 0 Å². The van der Waals surface area contributed by atoms with Crippen LogP contribution in [0.4, 0.5) is 0 Å². The van der Waals surface area contributed by atoms with E-state index in [-0.39, 0.29) is 0 Å². The lowest BCUT2D eigenvalue weighted by atomic mass is 9.83. The van der Waals surface area contributed by atoms with Crippen LogP contribution < -0.4 is 11.1 Å². The van der Waals surface area contributed by atoms with E-state index in [2.05, 4.69) is 17.1 Å². The fraction of sp³-hybridized carbons (Fsp3) is 1.00. The quantitative estimate of drug-likeness (QED) is 0.338. The molecule has 3 N–H and O–H groups in total. The maximum Gasteiger partial charge on any atom is 0.00966 e. The zero-order valence-electron chi connectivity index (χ0n) is 21.9. The third-order valence-corrected chi connectivity index (χ3v) is 11.2. The molecule has 5 rings (SSSR count). The van der Waals surface area contributed by atoms with Crippen molar-refractivity contribution in [1.29, 1.82) is 0 Å². The van der Waals surface area contributed by atoms with Crippen molar-refractivity contribution in [3.05, 3.63) is 0 Å². The van der Waals surface area contributed by atoms with Gasteiger partial charge in [0.05, 0.1) is 0 Å². The zero-order chi connectivity index (χ0) is 22.6. The van der Waals surface area contributed by atoms with Gasteiger partial charge in [-0.2, -0.15) is 0 Å². The fourth-order valence-corrected chi connectivity index (χ4v) is 9.36. The first-order valence-corrected chi connectivity index (χ1v) is 15.4. The van der Waals surface area contributed by atoms with E-state index >= 15 is 0 Å². The van der Waals surface area contributed by atoms with E-state index in [9.17, 15) is 0 Å². The molecule has 3 heteroatoms. The second kappa shape index (κ2) is 11.7. The second-order valence-electron chi connectivity index (χ2n) is 13.3. The highest BCUT2D eigenvalue weighted by Gasteiger charge is 2.40. The van der Waals surface area contributed by atoms with Gasteiger partial charge in [-0.05, 0) is 133 Å². The maximum atomic E-state index is 5.77. The van der Waals surface area contributed by atoms with E-state index in [0.29, 0.717) is 6.04 Å². The van der Waals surface area contributed by atoms with Crippen LogP contribution in [0.5, 0.6) is 0 Å². The highest BCUT2D eigenvalue weighted by molar-refractivity contribution is 4.92. The van der Waals surface area contributed by atoms with E-state index in [4.69, 9.17) is 5.73 Å². The minimum atomic E-state index is 0.714. The van der Waals surface area contributed by atoms with E-state index < -0.39 is 0 Å². The molecule has 0 amide bonds. The largest absolute Gasteiger partial charge is 0.330 e. The molecule has 4 aliphatic carbocycles. The summed E-state index contributed by atoms with van der Waals surface area (Å²) >= 11 is 0. The van der Waals surface area contributed by atoms with Crippen molar-refractivity contribution >= 4 is 0 Å². The number of nitrogens with two attached hydrogens (primary N) is 1.